The number of aryl methyl sites for hydroxylation is 1. The lowest BCUT2D eigenvalue weighted by atomic mass is 10.0. The molecule has 0 spiro atoms. The van der Waals surface area contributed by atoms with Gasteiger partial charge in [0.15, 0.2) is 12.6 Å². The molecule has 1 unspecified atom stereocenters. The Balaban J connectivity index is 1.84. The van der Waals surface area contributed by atoms with E-state index in [-0.39, 0.29) is 29.1 Å². The van der Waals surface area contributed by atoms with Crippen LogP contribution in [0.25, 0.3) is 39.0 Å². The first-order valence-corrected chi connectivity index (χ1v) is 11.6. The van der Waals surface area contributed by atoms with E-state index in [9.17, 15) is 4.79 Å². The summed E-state index contributed by atoms with van der Waals surface area (Å²) in [6.45, 7) is 2.61. The van der Waals surface area contributed by atoms with Crippen LogP contribution in [0, 0.1) is 5.82 Å². The molecule has 0 aliphatic carbocycles. The molecule has 1 aromatic carbocycles. The molecule has 1 aliphatic heterocycles. The van der Waals surface area contributed by atoms with Crippen molar-refractivity contribution >= 4 is 34.0 Å². The molecule has 3 aromatic heterocycles. The highest BCUT2D eigenvalue weighted by Crippen LogP contribution is 2.38. The van der Waals surface area contributed by atoms with Gasteiger partial charge >= 0.3 is 5.69 Å². The second-order valence-electron chi connectivity index (χ2n) is 8.80. The van der Waals surface area contributed by atoms with Crippen LogP contribution in [-0.4, -0.2) is 40.6 Å². The first-order chi connectivity index (χ1) is 16.9. The smallest absolute Gasteiger partial charge is 0.349 e. The van der Waals surface area contributed by atoms with E-state index in [1.165, 1.54) is 18.4 Å². The van der Waals surface area contributed by atoms with E-state index >= 15 is 4.39 Å². The Morgan fingerprint density at radius 2 is 2.29 bits per heavy atom. The van der Waals surface area contributed by atoms with Crippen LogP contribution in [0.2, 0.25) is 0 Å². The molecule has 10 heteroatoms. The maximum Gasteiger partial charge on any atom is 0.349 e. The number of aromatic nitrogens is 4. The van der Waals surface area contributed by atoms with E-state index in [2.05, 4.69) is 22.0 Å². The molecule has 1 aliphatic rings. The summed E-state index contributed by atoms with van der Waals surface area (Å²) in [4.78, 5) is 21.8. The number of hydrogen-bond donors (Lipinski definition) is 2. The maximum atomic E-state index is 15.0. The van der Waals surface area contributed by atoms with Crippen LogP contribution >= 0.6 is 0 Å². The molecule has 182 valence electrons. The Morgan fingerprint density at radius 3 is 3.00 bits per heavy atom. The van der Waals surface area contributed by atoms with Gasteiger partial charge in [-0.1, -0.05) is 6.92 Å². The molecule has 5 rings (SSSR count). The molecular weight excluding hydrogens is 451 g/mol. The third-order valence-corrected chi connectivity index (χ3v) is 6.53. The number of nitrogens with one attached hydrogen (secondary N) is 1. The molecule has 4 aromatic rings. The van der Waals surface area contributed by atoms with Gasteiger partial charge in [0.05, 0.1) is 17.9 Å². The number of ether oxygens (including phenoxy) is 1. The lowest BCUT2D eigenvalue weighted by Gasteiger charge is -2.30. The van der Waals surface area contributed by atoms with Crippen molar-refractivity contribution in [3.05, 3.63) is 52.5 Å². The Kier molecular flexibility index (Phi) is 5.98. The molecule has 0 saturated carbocycles. The zero-order valence-corrected chi connectivity index (χ0v) is 19.9. The molecule has 0 bridgehead atoms. The lowest BCUT2D eigenvalue weighted by Crippen LogP contribution is -2.34. The fraction of sp³-hybridized carbons (Fsp3) is 0.360. The third-order valence-electron chi connectivity index (χ3n) is 6.53. The number of allylic oxidation sites excluding steroid dienone is 1. The maximum absolute atomic E-state index is 15.0. The lowest BCUT2D eigenvalue weighted by molar-refractivity contribution is -0.726. The molecular formula is C25H28FN6O3+. The van der Waals surface area contributed by atoms with Crippen LogP contribution in [0.1, 0.15) is 37.8 Å². The molecule has 9 nitrogen and oxygen atoms in total. The van der Waals surface area contributed by atoms with Gasteiger partial charge in [0.25, 0.3) is 0 Å². The first-order valence-electron chi connectivity index (χ1n) is 11.6. The number of furan rings is 1. The van der Waals surface area contributed by atoms with Crippen molar-refractivity contribution < 1.29 is 18.2 Å². The van der Waals surface area contributed by atoms with Gasteiger partial charge in [-0.25, -0.2) is 9.18 Å². The number of aromatic amines is 1. The summed E-state index contributed by atoms with van der Waals surface area (Å²) < 4.78 is 30.5. The van der Waals surface area contributed by atoms with Crippen molar-refractivity contribution in [1.82, 2.24) is 14.6 Å². The quantitative estimate of drug-likeness (QED) is 0.337. The van der Waals surface area contributed by atoms with Crippen LogP contribution in [0.4, 0.5) is 4.39 Å². The Labute approximate surface area is 200 Å². The Hall–Kier alpha value is -3.79. The normalized spacial score (nSPS) is 19.4. The SMILES string of the molecule is CCC1C[C@@H](n2c(=O)nc(-c3c[nH][n+](C)c3)c3oc4cc(F)c(C(N)=CC=NC)cc4c32)CCO1. The van der Waals surface area contributed by atoms with Crippen molar-refractivity contribution in [3.8, 4) is 11.3 Å². The number of nitrogens with zero attached hydrogens (tertiary/aromatic N) is 4. The number of rotatable bonds is 5. The molecule has 4 heterocycles. The summed E-state index contributed by atoms with van der Waals surface area (Å²) in [5.41, 5.74) is 8.62. The van der Waals surface area contributed by atoms with Crippen molar-refractivity contribution in [2.75, 3.05) is 13.7 Å². The molecule has 0 amide bonds. The molecule has 1 saturated heterocycles. The van der Waals surface area contributed by atoms with Gasteiger partial charge in [-0.2, -0.15) is 10.1 Å². The summed E-state index contributed by atoms with van der Waals surface area (Å²) in [6.07, 6.45) is 8.86. The summed E-state index contributed by atoms with van der Waals surface area (Å²) in [6, 6.07) is 2.82. The third kappa shape index (κ3) is 4.03. The number of hydrogen-bond acceptors (Lipinski definition) is 6. The van der Waals surface area contributed by atoms with Gasteiger partial charge in [0.1, 0.15) is 22.6 Å². The summed E-state index contributed by atoms with van der Waals surface area (Å²) >= 11 is 0. The van der Waals surface area contributed by atoms with Crippen LogP contribution in [-0.2, 0) is 11.8 Å². The minimum absolute atomic E-state index is 0.0529. The number of fused-ring (bicyclic) bond motifs is 3. The highest BCUT2D eigenvalue weighted by molar-refractivity contribution is 6.07. The van der Waals surface area contributed by atoms with Gasteiger partial charge in [0.2, 0.25) is 6.20 Å². The van der Waals surface area contributed by atoms with Crippen molar-refractivity contribution in [1.29, 1.82) is 0 Å². The van der Waals surface area contributed by atoms with Crippen molar-refractivity contribution in [3.63, 3.8) is 0 Å². The van der Waals surface area contributed by atoms with Gasteiger partial charge in [-0.15, -0.1) is 4.68 Å². The summed E-state index contributed by atoms with van der Waals surface area (Å²) in [5.74, 6) is -0.525. The van der Waals surface area contributed by atoms with Gasteiger partial charge in [0, 0.05) is 48.6 Å². The zero-order valence-electron chi connectivity index (χ0n) is 19.9. The second-order valence-corrected chi connectivity index (χ2v) is 8.80. The average Bonchev–Trinajstić information content (AvgIpc) is 3.44. The molecule has 3 N–H and O–H groups in total. The summed E-state index contributed by atoms with van der Waals surface area (Å²) in [7, 11) is 3.45. The topological polar surface area (TPSA) is 115 Å². The fourth-order valence-corrected chi connectivity index (χ4v) is 4.76. The van der Waals surface area contributed by atoms with E-state index in [0.717, 1.165) is 6.42 Å². The monoisotopic (exact) mass is 479 g/mol. The fourth-order valence-electron chi connectivity index (χ4n) is 4.76. The second kappa shape index (κ2) is 9.10. The Bertz CT molecular complexity index is 1530. The van der Waals surface area contributed by atoms with E-state index in [0.29, 0.717) is 52.8 Å². The predicted octanol–water partition coefficient (Wildman–Crippen LogP) is 3.23. The molecule has 2 atom stereocenters. The Morgan fingerprint density at radius 1 is 1.46 bits per heavy atom. The van der Waals surface area contributed by atoms with Gasteiger partial charge in [-0.05, 0) is 31.4 Å². The van der Waals surface area contributed by atoms with E-state index in [1.54, 1.807) is 28.6 Å². The number of halogens is 1. The van der Waals surface area contributed by atoms with Gasteiger partial charge in [-0.3, -0.25) is 9.56 Å². The number of benzene rings is 1. The van der Waals surface area contributed by atoms with Crippen LogP contribution in [0.15, 0.2) is 44.8 Å². The van der Waals surface area contributed by atoms with Crippen LogP contribution < -0.4 is 16.1 Å². The average molecular weight is 480 g/mol. The predicted molar refractivity (Wildman–Crippen MR) is 132 cm³/mol. The molecule has 35 heavy (non-hydrogen) atoms. The van der Waals surface area contributed by atoms with Crippen molar-refractivity contribution in [2.24, 2.45) is 17.8 Å². The van der Waals surface area contributed by atoms with Gasteiger partial charge < -0.3 is 14.9 Å². The molecule has 1 fully saturated rings. The highest BCUT2D eigenvalue weighted by atomic mass is 19.1. The van der Waals surface area contributed by atoms with Crippen molar-refractivity contribution in [2.45, 2.75) is 38.3 Å². The first kappa shape index (κ1) is 23.0. The number of H-pyrrole nitrogens is 1. The molecule has 0 radical (unpaired) electrons. The van der Waals surface area contributed by atoms with E-state index < -0.39 is 5.82 Å². The summed E-state index contributed by atoms with van der Waals surface area (Å²) in [5, 5.41) is 3.64. The minimum Gasteiger partial charge on any atom is -0.452 e. The number of aliphatic imine (C=N–C) groups is 1. The largest absolute Gasteiger partial charge is 0.452 e. The van der Waals surface area contributed by atoms with E-state index in [1.807, 2.05) is 13.2 Å². The zero-order chi connectivity index (χ0) is 24.7. The highest BCUT2D eigenvalue weighted by Gasteiger charge is 2.29. The minimum atomic E-state index is -0.525. The van der Waals surface area contributed by atoms with Crippen LogP contribution in [0.3, 0.4) is 0 Å². The van der Waals surface area contributed by atoms with E-state index in [4.69, 9.17) is 14.9 Å². The standard InChI is InChI=1S/C25H27FN6O3/c1-4-16-9-15(6-8-34-16)32-23-18-10-17(20(27)5-7-28-2)19(26)11-21(18)35-24(23)22(30-25(32)33)14-12-29-31(3)13-14/h5,7,10-13,15-16H,4,6,8-9H2,1-3H3,(H2,27,28)/p+1/t15-,16?/m0/s1. The number of nitrogens with two attached hydrogens (primary N) is 1. The van der Waals surface area contributed by atoms with Crippen LogP contribution in [0.5, 0.6) is 0 Å².